The van der Waals surface area contributed by atoms with Crippen LogP contribution in [0.5, 0.6) is 17.2 Å². The van der Waals surface area contributed by atoms with Gasteiger partial charge in [0.1, 0.15) is 30.5 Å². The molecule has 5 rings (SSSR count). The van der Waals surface area contributed by atoms with Gasteiger partial charge in [0.15, 0.2) is 4.80 Å². The zero-order valence-corrected chi connectivity index (χ0v) is 23.9. The summed E-state index contributed by atoms with van der Waals surface area (Å²) in [6, 6.07) is 23.7. The Hall–Kier alpha value is -4.63. The number of fused-ring (bicyclic) bond motifs is 1. The van der Waals surface area contributed by atoms with Crippen molar-refractivity contribution in [3.63, 3.8) is 0 Å². The zero-order chi connectivity index (χ0) is 28.8. The molecule has 1 aromatic heterocycles. The Balaban J connectivity index is 1.45. The van der Waals surface area contributed by atoms with E-state index in [-0.39, 0.29) is 12.2 Å². The van der Waals surface area contributed by atoms with E-state index >= 15 is 0 Å². The molecule has 0 bridgehead atoms. The molecule has 4 aromatic rings. The number of hydrogen-bond donors (Lipinski definition) is 0. The number of hydrogen-bond acceptors (Lipinski definition) is 8. The number of carbonyl (C=O) groups excluding carboxylic acids is 1. The van der Waals surface area contributed by atoms with Gasteiger partial charge in [0, 0.05) is 0 Å². The highest BCUT2D eigenvalue weighted by atomic mass is 32.1. The van der Waals surface area contributed by atoms with E-state index in [2.05, 4.69) is 4.99 Å². The Labute approximate surface area is 241 Å². The van der Waals surface area contributed by atoms with Gasteiger partial charge in [0.05, 0.1) is 35.6 Å². The van der Waals surface area contributed by atoms with Gasteiger partial charge in [-0.05, 0) is 67.4 Å². The summed E-state index contributed by atoms with van der Waals surface area (Å²) in [6.07, 6.45) is 1.81. The summed E-state index contributed by atoms with van der Waals surface area (Å²) < 4.78 is 24.3. The van der Waals surface area contributed by atoms with Gasteiger partial charge in [0.2, 0.25) is 0 Å². The van der Waals surface area contributed by atoms with Gasteiger partial charge in [-0.2, -0.15) is 0 Å². The molecule has 0 amide bonds. The fourth-order valence-corrected chi connectivity index (χ4v) is 5.62. The number of ether oxygens (including phenoxy) is 4. The largest absolute Gasteiger partial charge is 0.497 e. The van der Waals surface area contributed by atoms with Crippen LogP contribution in [0.3, 0.4) is 0 Å². The predicted octanol–water partition coefficient (Wildman–Crippen LogP) is 4.26. The number of para-hydroxylation sites is 1. The lowest BCUT2D eigenvalue weighted by molar-refractivity contribution is -0.139. The first-order chi connectivity index (χ1) is 20.0. The molecular weight excluding hydrogens is 540 g/mol. The molecule has 8 nitrogen and oxygen atoms in total. The molecule has 1 unspecified atom stereocenters. The van der Waals surface area contributed by atoms with Crippen LogP contribution in [-0.2, 0) is 9.53 Å². The molecule has 41 heavy (non-hydrogen) atoms. The summed E-state index contributed by atoms with van der Waals surface area (Å²) in [6.45, 7) is 4.51. The van der Waals surface area contributed by atoms with Crippen LogP contribution in [-0.4, -0.2) is 37.5 Å². The van der Waals surface area contributed by atoms with Crippen LogP contribution >= 0.6 is 11.3 Å². The number of aromatic nitrogens is 1. The van der Waals surface area contributed by atoms with Gasteiger partial charge in [-0.1, -0.05) is 53.8 Å². The molecule has 0 saturated carbocycles. The highest BCUT2D eigenvalue weighted by Gasteiger charge is 2.33. The van der Waals surface area contributed by atoms with Crippen LogP contribution in [0.15, 0.2) is 99.9 Å². The standard InChI is InChI=1S/C32H30N2O6S/c1-4-38-31(36)28-21(2)33-32-34(29(28)23-13-15-24(37-3)16-14-23)30(35)27(41-32)20-22-9-8-12-26(19-22)40-18-17-39-25-10-6-5-7-11-25/h5-16,19-20,29H,4,17-18H2,1-3H3. The van der Waals surface area contributed by atoms with Crippen LogP contribution in [0.2, 0.25) is 0 Å². The van der Waals surface area contributed by atoms with E-state index in [0.717, 1.165) is 16.9 Å². The Morgan fingerprint density at radius 1 is 0.951 bits per heavy atom. The molecular formula is C32H30N2O6S. The van der Waals surface area contributed by atoms with Crippen LogP contribution < -0.4 is 29.1 Å². The molecule has 1 aliphatic rings. The zero-order valence-electron chi connectivity index (χ0n) is 23.0. The highest BCUT2D eigenvalue weighted by molar-refractivity contribution is 7.07. The molecule has 0 aliphatic carbocycles. The summed E-state index contributed by atoms with van der Waals surface area (Å²) in [7, 11) is 1.59. The second-order valence-corrected chi connectivity index (χ2v) is 10.2. The number of thiazole rings is 1. The van der Waals surface area contributed by atoms with Gasteiger partial charge in [0.25, 0.3) is 5.56 Å². The smallest absolute Gasteiger partial charge is 0.338 e. The summed E-state index contributed by atoms with van der Waals surface area (Å²) in [5.41, 5.74) is 2.17. The quantitative estimate of drug-likeness (QED) is 0.209. The minimum atomic E-state index is -0.683. The van der Waals surface area contributed by atoms with Crippen molar-refractivity contribution >= 4 is 23.4 Å². The van der Waals surface area contributed by atoms with E-state index in [1.54, 1.807) is 37.7 Å². The lowest BCUT2D eigenvalue weighted by Crippen LogP contribution is -2.39. The number of methoxy groups -OCH3 is 1. The van der Waals surface area contributed by atoms with E-state index in [1.807, 2.05) is 72.8 Å². The first-order valence-electron chi connectivity index (χ1n) is 13.2. The van der Waals surface area contributed by atoms with Gasteiger partial charge in [-0.3, -0.25) is 9.36 Å². The molecule has 0 fully saturated rings. The molecule has 1 aliphatic heterocycles. The third-order valence-electron chi connectivity index (χ3n) is 6.47. The first-order valence-corrected chi connectivity index (χ1v) is 14.0. The lowest BCUT2D eigenvalue weighted by atomic mass is 9.96. The Morgan fingerprint density at radius 2 is 1.66 bits per heavy atom. The van der Waals surface area contributed by atoms with Crippen molar-refractivity contribution < 1.29 is 23.7 Å². The summed E-state index contributed by atoms with van der Waals surface area (Å²) in [4.78, 5) is 32.0. The van der Waals surface area contributed by atoms with Crippen LogP contribution in [0.4, 0.5) is 0 Å². The number of nitrogens with zero attached hydrogens (tertiary/aromatic N) is 2. The van der Waals surface area contributed by atoms with E-state index in [9.17, 15) is 9.59 Å². The predicted molar refractivity (Wildman–Crippen MR) is 157 cm³/mol. The molecule has 210 valence electrons. The maximum absolute atomic E-state index is 13.8. The first kappa shape index (κ1) is 27.9. The van der Waals surface area contributed by atoms with Crippen molar-refractivity contribution in [2.75, 3.05) is 26.9 Å². The van der Waals surface area contributed by atoms with Crippen LogP contribution in [0, 0.1) is 0 Å². The molecule has 3 aromatic carbocycles. The summed E-state index contributed by atoms with van der Waals surface area (Å²) in [5.74, 6) is 1.63. The molecule has 2 heterocycles. The van der Waals surface area contributed by atoms with E-state index < -0.39 is 12.0 Å². The normalized spacial score (nSPS) is 14.7. The van der Waals surface area contributed by atoms with Crippen LogP contribution in [0.1, 0.15) is 31.0 Å². The van der Waals surface area contributed by atoms with Gasteiger partial charge in [-0.15, -0.1) is 0 Å². The van der Waals surface area contributed by atoms with Crippen molar-refractivity contribution in [2.24, 2.45) is 4.99 Å². The minimum absolute atomic E-state index is 0.214. The number of esters is 1. The SMILES string of the molecule is CCOC(=O)C1=C(C)N=c2sc(=Cc3cccc(OCCOc4ccccc4)c3)c(=O)n2C1c1ccc(OC)cc1. The molecule has 0 radical (unpaired) electrons. The van der Waals surface area contributed by atoms with Crippen molar-refractivity contribution in [3.8, 4) is 17.2 Å². The lowest BCUT2D eigenvalue weighted by Gasteiger charge is -2.24. The fourth-order valence-electron chi connectivity index (χ4n) is 4.57. The summed E-state index contributed by atoms with van der Waals surface area (Å²) in [5, 5.41) is 0. The Morgan fingerprint density at radius 3 is 2.37 bits per heavy atom. The Kier molecular flexibility index (Phi) is 8.64. The third kappa shape index (κ3) is 6.25. The second kappa shape index (κ2) is 12.7. The van der Waals surface area contributed by atoms with Gasteiger partial charge < -0.3 is 18.9 Å². The monoisotopic (exact) mass is 570 g/mol. The van der Waals surface area contributed by atoms with Crippen LogP contribution in [0.25, 0.3) is 6.08 Å². The van der Waals surface area contributed by atoms with Gasteiger partial charge >= 0.3 is 5.97 Å². The van der Waals surface area contributed by atoms with E-state index in [0.29, 0.717) is 45.3 Å². The Bertz CT molecular complexity index is 1740. The second-order valence-electron chi connectivity index (χ2n) is 9.16. The topological polar surface area (TPSA) is 88.4 Å². The minimum Gasteiger partial charge on any atom is -0.497 e. The maximum Gasteiger partial charge on any atom is 0.338 e. The number of rotatable bonds is 10. The molecule has 9 heteroatoms. The highest BCUT2D eigenvalue weighted by Crippen LogP contribution is 2.31. The van der Waals surface area contributed by atoms with Crippen molar-refractivity contribution in [3.05, 3.63) is 121 Å². The number of carbonyl (C=O) groups is 1. The average Bonchev–Trinajstić information content (AvgIpc) is 3.29. The average molecular weight is 571 g/mol. The molecule has 0 saturated heterocycles. The van der Waals surface area contributed by atoms with E-state index in [4.69, 9.17) is 18.9 Å². The number of benzene rings is 3. The van der Waals surface area contributed by atoms with Crippen molar-refractivity contribution in [1.82, 2.24) is 4.57 Å². The van der Waals surface area contributed by atoms with Crippen molar-refractivity contribution in [2.45, 2.75) is 19.9 Å². The van der Waals surface area contributed by atoms with Crippen molar-refractivity contribution in [1.29, 1.82) is 0 Å². The number of allylic oxidation sites excluding steroid dienone is 1. The molecule has 0 N–H and O–H groups in total. The third-order valence-corrected chi connectivity index (χ3v) is 7.45. The fraction of sp³-hybridized carbons (Fsp3) is 0.219. The van der Waals surface area contributed by atoms with Gasteiger partial charge in [-0.25, -0.2) is 9.79 Å². The summed E-state index contributed by atoms with van der Waals surface area (Å²) >= 11 is 1.28. The maximum atomic E-state index is 13.8. The van der Waals surface area contributed by atoms with E-state index in [1.165, 1.54) is 11.3 Å². The molecule has 1 atom stereocenters. The molecule has 0 spiro atoms.